The van der Waals surface area contributed by atoms with E-state index in [-0.39, 0.29) is 24.7 Å². The minimum absolute atomic E-state index is 0.0111. The number of para-hydroxylation sites is 1. The number of ether oxygens (including phenoxy) is 2. The van der Waals surface area contributed by atoms with Gasteiger partial charge in [-0.2, -0.15) is 0 Å². The highest BCUT2D eigenvalue weighted by Crippen LogP contribution is 2.40. The summed E-state index contributed by atoms with van der Waals surface area (Å²) in [7, 11) is 2.04. The predicted octanol–water partition coefficient (Wildman–Crippen LogP) is 5.31. The molecular formula is C27H26N2O3. The number of aryl methyl sites for hydroxylation is 1. The van der Waals surface area contributed by atoms with Crippen molar-refractivity contribution < 1.29 is 14.3 Å². The lowest BCUT2D eigenvalue weighted by atomic mass is 9.87. The van der Waals surface area contributed by atoms with Crippen molar-refractivity contribution in [2.45, 2.75) is 25.3 Å². The molecule has 5 nitrogen and oxygen atoms in total. The molecule has 5 rings (SSSR count). The van der Waals surface area contributed by atoms with Crippen LogP contribution in [0.2, 0.25) is 0 Å². The topological polar surface area (TPSA) is 52.5 Å². The molecule has 2 atom stereocenters. The van der Waals surface area contributed by atoms with Gasteiger partial charge in [0, 0.05) is 36.5 Å². The fraction of sp³-hybridized carbons (Fsp3) is 0.222. The van der Waals surface area contributed by atoms with Crippen LogP contribution < -0.4 is 14.8 Å². The molecule has 1 aliphatic rings. The third kappa shape index (κ3) is 3.82. The van der Waals surface area contributed by atoms with Crippen molar-refractivity contribution >= 4 is 16.8 Å². The van der Waals surface area contributed by atoms with Crippen LogP contribution in [0.3, 0.4) is 0 Å². The average Bonchev–Trinajstić information content (AvgIpc) is 3.42. The highest BCUT2D eigenvalue weighted by atomic mass is 16.7. The molecule has 0 radical (unpaired) electrons. The Morgan fingerprint density at radius 1 is 0.969 bits per heavy atom. The second-order valence-electron chi connectivity index (χ2n) is 8.28. The maximum absolute atomic E-state index is 13.2. The van der Waals surface area contributed by atoms with Gasteiger partial charge < -0.3 is 19.4 Å². The van der Waals surface area contributed by atoms with E-state index in [1.807, 2.05) is 74.6 Å². The third-order valence-electron chi connectivity index (χ3n) is 6.17. The number of nitrogens with zero attached hydrogens (tertiary/aromatic N) is 1. The Hall–Kier alpha value is -3.73. The molecule has 0 spiro atoms. The molecule has 0 saturated heterocycles. The van der Waals surface area contributed by atoms with Crippen LogP contribution in [0, 0.1) is 0 Å². The fourth-order valence-corrected chi connectivity index (χ4v) is 4.50. The molecule has 3 aromatic carbocycles. The van der Waals surface area contributed by atoms with Gasteiger partial charge in [-0.15, -0.1) is 0 Å². The van der Waals surface area contributed by atoms with Crippen molar-refractivity contribution in [2.24, 2.45) is 7.05 Å². The summed E-state index contributed by atoms with van der Waals surface area (Å²) in [6, 6.07) is 24.2. The van der Waals surface area contributed by atoms with Gasteiger partial charge in [0.25, 0.3) is 0 Å². The van der Waals surface area contributed by atoms with Crippen LogP contribution in [0.15, 0.2) is 79.0 Å². The van der Waals surface area contributed by atoms with Crippen LogP contribution in [0.4, 0.5) is 0 Å². The summed E-state index contributed by atoms with van der Waals surface area (Å²) < 4.78 is 13.2. The molecular weight excluding hydrogens is 400 g/mol. The SMILES string of the molecule is C[C@H](NC(=O)C[C@H](c1ccc2c(c1)OCO2)c1cn(C)c2ccccc12)c1ccccc1. The monoisotopic (exact) mass is 426 g/mol. The first-order valence-corrected chi connectivity index (χ1v) is 10.9. The van der Waals surface area contributed by atoms with E-state index >= 15 is 0 Å². The van der Waals surface area contributed by atoms with Gasteiger partial charge >= 0.3 is 0 Å². The Kier molecular flexibility index (Phi) is 5.31. The van der Waals surface area contributed by atoms with Gasteiger partial charge in [-0.05, 0) is 41.8 Å². The van der Waals surface area contributed by atoms with Gasteiger partial charge in [0.15, 0.2) is 11.5 Å². The van der Waals surface area contributed by atoms with E-state index in [9.17, 15) is 4.79 Å². The Morgan fingerprint density at radius 2 is 1.72 bits per heavy atom. The number of fused-ring (bicyclic) bond motifs is 2. The molecule has 32 heavy (non-hydrogen) atoms. The maximum atomic E-state index is 13.2. The molecule has 0 bridgehead atoms. The Morgan fingerprint density at radius 3 is 2.56 bits per heavy atom. The van der Waals surface area contributed by atoms with Gasteiger partial charge in [0.05, 0.1) is 6.04 Å². The van der Waals surface area contributed by atoms with Crippen LogP contribution in [-0.4, -0.2) is 17.3 Å². The van der Waals surface area contributed by atoms with Crippen LogP contribution in [0.25, 0.3) is 10.9 Å². The summed E-state index contributed by atoms with van der Waals surface area (Å²) in [4.78, 5) is 13.2. The van der Waals surface area contributed by atoms with Crippen LogP contribution in [-0.2, 0) is 11.8 Å². The number of carbonyl (C=O) groups is 1. The fourth-order valence-electron chi connectivity index (χ4n) is 4.50. The van der Waals surface area contributed by atoms with Gasteiger partial charge in [0.2, 0.25) is 12.7 Å². The molecule has 0 unspecified atom stereocenters. The van der Waals surface area contributed by atoms with Crippen molar-refractivity contribution in [3.8, 4) is 11.5 Å². The van der Waals surface area contributed by atoms with E-state index < -0.39 is 0 Å². The van der Waals surface area contributed by atoms with E-state index in [2.05, 4.69) is 28.2 Å². The summed E-state index contributed by atoms with van der Waals surface area (Å²) in [5.74, 6) is 1.37. The Balaban J connectivity index is 1.49. The van der Waals surface area contributed by atoms with Crippen molar-refractivity contribution in [3.63, 3.8) is 0 Å². The van der Waals surface area contributed by atoms with Gasteiger partial charge in [-0.3, -0.25) is 4.79 Å². The number of rotatable bonds is 6. The molecule has 2 heterocycles. The molecule has 0 saturated carbocycles. The van der Waals surface area contributed by atoms with Gasteiger partial charge in [0.1, 0.15) is 0 Å². The molecule has 1 aromatic heterocycles. The number of hydrogen-bond donors (Lipinski definition) is 1. The van der Waals surface area contributed by atoms with Crippen LogP contribution >= 0.6 is 0 Å². The highest BCUT2D eigenvalue weighted by Gasteiger charge is 2.25. The molecule has 0 fully saturated rings. The number of benzene rings is 3. The van der Waals surface area contributed by atoms with E-state index in [1.54, 1.807) is 0 Å². The summed E-state index contributed by atoms with van der Waals surface area (Å²) in [6.07, 6.45) is 2.47. The first-order chi connectivity index (χ1) is 15.6. The first-order valence-electron chi connectivity index (χ1n) is 10.9. The van der Waals surface area contributed by atoms with Crippen molar-refractivity contribution in [1.82, 2.24) is 9.88 Å². The molecule has 0 aliphatic carbocycles. The van der Waals surface area contributed by atoms with Crippen molar-refractivity contribution in [3.05, 3.63) is 95.7 Å². The standard InChI is InChI=1S/C27H26N2O3/c1-18(19-8-4-3-5-9-19)28-27(30)15-22(20-12-13-25-26(14-20)32-17-31-25)23-16-29(2)24-11-7-6-10-21(23)24/h3-14,16,18,22H,15,17H2,1-2H3,(H,28,30)/t18-,22+/m0/s1. The zero-order chi connectivity index (χ0) is 22.1. The lowest BCUT2D eigenvalue weighted by Gasteiger charge is -2.20. The summed E-state index contributed by atoms with van der Waals surface area (Å²) in [5.41, 5.74) is 4.40. The number of aromatic nitrogens is 1. The second kappa shape index (κ2) is 8.42. The predicted molar refractivity (Wildman–Crippen MR) is 125 cm³/mol. The normalized spacial score (nSPS) is 14.3. The minimum atomic E-state index is -0.112. The maximum Gasteiger partial charge on any atom is 0.231 e. The van der Waals surface area contributed by atoms with E-state index in [1.165, 1.54) is 0 Å². The van der Waals surface area contributed by atoms with E-state index in [0.29, 0.717) is 6.42 Å². The zero-order valence-electron chi connectivity index (χ0n) is 18.2. The number of hydrogen-bond acceptors (Lipinski definition) is 3. The van der Waals surface area contributed by atoms with Gasteiger partial charge in [-0.25, -0.2) is 0 Å². The lowest BCUT2D eigenvalue weighted by molar-refractivity contribution is -0.121. The third-order valence-corrected chi connectivity index (χ3v) is 6.17. The van der Waals surface area contributed by atoms with Crippen LogP contribution in [0.1, 0.15) is 42.0 Å². The van der Waals surface area contributed by atoms with Gasteiger partial charge in [-0.1, -0.05) is 54.6 Å². The number of amides is 1. The smallest absolute Gasteiger partial charge is 0.231 e. The van der Waals surface area contributed by atoms with Crippen LogP contribution in [0.5, 0.6) is 11.5 Å². The summed E-state index contributed by atoms with van der Waals surface area (Å²) in [5, 5.41) is 4.33. The molecule has 162 valence electrons. The summed E-state index contributed by atoms with van der Waals surface area (Å²) >= 11 is 0. The average molecular weight is 427 g/mol. The highest BCUT2D eigenvalue weighted by molar-refractivity contribution is 5.86. The molecule has 5 heteroatoms. The number of nitrogens with one attached hydrogen (secondary N) is 1. The minimum Gasteiger partial charge on any atom is -0.454 e. The zero-order valence-corrected chi connectivity index (χ0v) is 18.2. The Labute approximate surface area is 187 Å². The first kappa shape index (κ1) is 20.2. The molecule has 1 N–H and O–H groups in total. The largest absolute Gasteiger partial charge is 0.454 e. The Bertz CT molecular complexity index is 1260. The molecule has 1 amide bonds. The summed E-state index contributed by atoms with van der Waals surface area (Å²) in [6.45, 7) is 2.24. The van der Waals surface area contributed by atoms with Crippen molar-refractivity contribution in [1.29, 1.82) is 0 Å². The van der Waals surface area contributed by atoms with Crippen molar-refractivity contribution in [2.75, 3.05) is 6.79 Å². The number of carbonyl (C=O) groups excluding carboxylic acids is 1. The quantitative estimate of drug-likeness (QED) is 0.455. The van der Waals surface area contributed by atoms with E-state index in [0.717, 1.165) is 39.1 Å². The van der Waals surface area contributed by atoms with E-state index in [4.69, 9.17) is 9.47 Å². The molecule has 4 aromatic rings. The molecule has 1 aliphatic heterocycles. The lowest BCUT2D eigenvalue weighted by Crippen LogP contribution is -2.28. The second-order valence-corrected chi connectivity index (χ2v) is 8.28.